The minimum atomic E-state index is 1.35. The summed E-state index contributed by atoms with van der Waals surface area (Å²) in [6.45, 7) is 26.4. The Balaban J connectivity index is 0.000000117. The van der Waals surface area contributed by atoms with Gasteiger partial charge in [-0.25, -0.2) is 0 Å². The van der Waals surface area contributed by atoms with Crippen LogP contribution in [0.3, 0.4) is 0 Å². The fourth-order valence-electron chi connectivity index (χ4n) is 9.72. The molecule has 0 atom stereocenters. The normalized spacial score (nSPS) is 11.2. The van der Waals surface area contributed by atoms with Crippen molar-refractivity contribution in [1.29, 1.82) is 0 Å². The van der Waals surface area contributed by atoms with Crippen LogP contribution >= 0.6 is 0 Å². The van der Waals surface area contributed by atoms with E-state index in [0.29, 0.717) is 0 Å². The van der Waals surface area contributed by atoms with Crippen molar-refractivity contribution in [3.05, 3.63) is 212 Å². The van der Waals surface area contributed by atoms with Crippen molar-refractivity contribution < 1.29 is 0 Å². The number of hydrogen-bond donors (Lipinski definition) is 0. The van der Waals surface area contributed by atoms with Crippen LogP contribution in [0.4, 0.5) is 0 Å². The van der Waals surface area contributed by atoms with Crippen molar-refractivity contribution in [1.82, 2.24) is 0 Å². The Kier molecular flexibility index (Phi) is 11.6. The molecule has 0 aliphatic heterocycles. The first-order valence-corrected chi connectivity index (χ1v) is 22.2. The standard InChI is InChI=1S/C20H16.C18H14.C12H12.C12H18/c1-13-11-19-18-10-6-4-8-16(18)14(2)12-20(19)17-9-5-3-7-15(13)17;1-11-3-5-13-8-10-16-12(2)4-6-14-7-9-15(11)17(13)18(14)16;1-9-5-3-8-12-10(2)6-4-7-11(9)12;1-7-8(2)10(4)12(6)11(5)9(7)3/h3-12H,1-2H3;3-10H,1-2H3;3-8H,1-2H3;1-6H3. The molecule has 0 heteroatoms. The molecule has 0 fully saturated rings. The van der Waals surface area contributed by atoms with Gasteiger partial charge in [0.15, 0.2) is 0 Å². The molecular formula is C62H60. The molecular weight excluding hydrogens is 745 g/mol. The molecule has 0 bridgehead atoms. The largest absolute Gasteiger partial charge is 0.0616 e. The third-order valence-electron chi connectivity index (χ3n) is 14.1. The zero-order valence-electron chi connectivity index (χ0n) is 38.9. The molecule has 0 amide bonds. The van der Waals surface area contributed by atoms with E-state index in [2.05, 4.69) is 229 Å². The molecule has 308 valence electrons. The summed E-state index contributed by atoms with van der Waals surface area (Å²) in [7, 11) is 0. The quantitative estimate of drug-likeness (QED) is 0.134. The minimum Gasteiger partial charge on any atom is -0.0616 e. The molecule has 0 aliphatic rings. The third kappa shape index (κ3) is 7.58. The molecule has 0 spiro atoms. The fourth-order valence-corrected chi connectivity index (χ4v) is 9.72. The lowest BCUT2D eigenvalue weighted by Gasteiger charge is -2.15. The second-order valence-corrected chi connectivity index (χ2v) is 17.8. The lowest BCUT2D eigenvalue weighted by Crippen LogP contribution is -1.98. The van der Waals surface area contributed by atoms with E-state index in [0.717, 1.165) is 0 Å². The van der Waals surface area contributed by atoms with E-state index in [1.165, 1.54) is 142 Å². The molecule has 0 saturated carbocycles. The number of hydrogen-bond acceptors (Lipinski definition) is 0. The van der Waals surface area contributed by atoms with Crippen LogP contribution in [0.5, 0.6) is 0 Å². The Bertz CT molecular complexity index is 3160. The number of aryl methyl sites for hydroxylation is 6. The molecule has 0 unspecified atom stereocenters. The van der Waals surface area contributed by atoms with E-state index in [9.17, 15) is 0 Å². The molecule has 11 aromatic carbocycles. The smallest absolute Gasteiger partial charge is 0.00240 e. The van der Waals surface area contributed by atoms with Gasteiger partial charge in [-0.1, -0.05) is 146 Å². The van der Waals surface area contributed by atoms with Crippen LogP contribution in [-0.4, -0.2) is 0 Å². The first-order valence-electron chi connectivity index (χ1n) is 22.2. The zero-order chi connectivity index (χ0) is 44.0. The maximum atomic E-state index is 2.33. The highest BCUT2D eigenvalue weighted by Crippen LogP contribution is 2.38. The summed E-state index contributed by atoms with van der Waals surface area (Å²) in [6.07, 6.45) is 0. The number of benzene rings is 11. The van der Waals surface area contributed by atoms with Gasteiger partial charge in [0.25, 0.3) is 0 Å². The Morgan fingerprint density at radius 1 is 0.194 bits per heavy atom. The Labute approximate surface area is 369 Å². The minimum absolute atomic E-state index is 1.35. The van der Waals surface area contributed by atoms with E-state index >= 15 is 0 Å². The van der Waals surface area contributed by atoms with Gasteiger partial charge in [-0.15, -0.1) is 0 Å². The summed E-state index contributed by atoms with van der Waals surface area (Å²) in [4.78, 5) is 0. The van der Waals surface area contributed by atoms with Gasteiger partial charge in [0, 0.05) is 0 Å². The number of fused-ring (bicyclic) bond motifs is 6. The van der Waals surface area contributed by atoms with Crippen LogP contribution in [0.2, 0.25) is 0 Å². The molecule has 11 aromatic rings. The SMILES string of the molecule is Cc1c(C)c(C)c(C)c(C)c1C.Cc1cc2c3ccccc3c(C)cc2c2ccccc12.Cc1ccc2ccc3c(C)ccc4ccc1c2c43.Cc1cccc2c(C)cccc12. The van der Waals surface area contributed by atoms with Crippen LogP contribution in [0, 0.1) is 83.1 Å². The highest BCUT2D eigenvalue weighted by atomic mass is 14.2. The van der Waals surface area contributed by atoms with Crippen molar-refractivity contribution in [2.75, 3.05) is 0 Å². The van der Waals surface area contributed by atoms with E-state index in [-0.39, 0.29) is 0 Å². The predicted molar refractivity (Wildman–Crippen MR) is 276 cm³/mol. The van der Waals surface area contributed by atoms with Gasteiger partial charge in [-0.3, -0.25) is 0 Å². The van der Waals surface area contributed by atoms with E-state index in [4.69, 9.17) is 0 Å². The van der Waals surface area contributed by atoms with Crippen molar-refractivity contribution in [2.24, 2.45) is 0 Å². The third-order valence-corrected chi connectivity index (χ3v) is 14.1. The Hall–Kier alpha value is -6.50. The summed E-state index contributed by atoms with van der Waals surface area (Å²) in [5.41, 5.74) is 16.9. The topological polar surface area (TPSA) is 0 Å². The molecule has 0 aliphatic carbocycles. The summed E-state index contributed by atoms with van der Waals surface area (Å²) in [5.74, 6) is 0. The fraction of sp³-hybridized carbons (Fsp3) is 0.194. The Morgan fingerprint density at radius 3 is 0.823 bits per heavy atom. The van der Waals surface area contributed by atoms with Crippen LogP contribution in [-0.2, 0) is 0 Å². The second-order valence-electron chi connectivity index (χ2n) is 17.8. The van der Waals surface area contributed by atoms with Gasteiger partial charge in [-0.05, 0) is 225 Å². The molecule has 62 heavy (non-hydrogen) atoms. The molecule has 0 saturated heterocycles. The molecule has 0 heterocycles. The summed E-state index contributed by atoms with van der Waals surface area (Å²) < 4.78 is 0. The van der Waals surface area contributed by atoms with Crippen LogP contribution < -0.4 is 0 Å². The molecule has 0 aromatic heterocycles. The average Bonchev–Trinajstić information content (AvgIpc) is 3.29. The first-order chi connectivity index (χ1) is 29.8. The van der Waals surface area contributed by atoms with E-state index in [1.807, 2.05) is 0 Å². The van der Waals surface area contributed by atoms with Gasteiger partial charge in [0.1, 0.15) is 0 Å². The van der Waals surface area contributed by atoms with E-state index in [1.54, 1.807) is 0 Å². The van der Waals surface area contributed by atoms with Crippen molar-refractivity contribution in [3.63, 3.8) is 0 Å². The van der Waals surface area contributed by atoms with Gasteiger partial charge in [-0.2, -0.15) is 0 Å². The maximum absolute atomic E-state index is 2.33. The molecule has 0 radical (unpaired) electrons. The van der Waals surface area contributed by atoms with E-state index < -0.39 is 0 Å². The summed E-state index contributed by atoms with van der Waals surface area (Å²) in [5, 5.41) is 19.2. The van der Waals surface area contributed by atoms with Crippen molar-refractivity contribution in [3.8, 4) is 0 Å². The lowest BCUT2D eigenvalue weighted by atomic mass is 9.90. The summed E-state index contributed by atoms with van der Waals surface area (Å²) >= 11 is 0. The zero-order valence-corrected chi connectivity index (χ0v) is 38.9. The van der Waals surface area contributed by atoms with Crippen molar-refractivity contribution >= 4 is 75.4 Å². The lowest BCUT2D eigenvalue weighted by molar-refractivity contribution is 1.13. The average molecular weight is 805 g/mol. The highest BCUT2D eigenvalue weighted by molar-refractivity contribution is 6.24. The van der Waals surface area contributed by atoms with Gasteiger partial charge in [0.2, 0.25) is 0 Å². The van der Waals surface area contributed by atoms with Crippen LogP contribution in [0.25, 0.3) is 75.4 Å². The highest BCUT2D eigenvalue weighted by Gasteiger charge is 2.12. The van der Waals surface area contributed by atoms with Gasteiger partial charge < -0.3 is 0 Å². The van der Waals surface area contributed by atoms with Crippen LogP contribution in [0.1, 0.15) is 66.8 Å². The molecule has 11 rings (SSSR count). The van der Waals surface area contributed by atoms with Crippen molar-refractivity contribution in [2.45, 2.75) is 83.1 Å². The van der Waals surface area contributed by atoms with Gasteiger partial charge in [0.05, 0.1) is 0 Å². The number of rotatable bonds is 0. The second kappa shape index (κ2) is 17.1. The maximum Gasteiger partial charge on any atom is -0.00240 e. The van der Waals surface area contributed by atoms with Gasteiger partial charge >= 0.3 is 0 Å². The predicted octanol–water partition coefficient (Wildman–Crippen LogP) is 18.0. The summed E-state index contributed by atoms with van der Waals surface area (Å²) in [6, 6.07) is 52.9. The Morgan fingerprint density at radius 2 is 0.468 bits per heavy atom. The van der Waals surface area contributed by atoms with Crippen LogP contribution in [0.15, 0.2) is 146 Å². The first kappa shape index (κ1) is 42.2. The molecule has 0 N–H and O–H groups in total. The monoisotopic (exact) mass is 804 g/mol. The molecule has 0 nitrogen and oxygen atoms in total.